The van der Waals surface area contributed by atoms with E-state index >= 15 is 0 Å². The van der Waals surface area contributed by atoms with E-state index in [4.69, 9.17) is 0 Å². The largest absolute Gasteiger partial charge is 0.511 e. The van der Waals surface area contributed by atoms with E-state index in [0.29, 0.717) is 0 Å². The highest BCUT2D eigenvalue weighted by atomic mass is 32.2. The van der Waals surface area contributed by atoms with E-state index in [0.717, 1.165) is 0 Å². The van der Waals surface area contributed by atoms with Crippen molar-refractivity contribution in [1.29, 1.82) is 0 Å². The molecular formula is C6H9F3N2O3S. The van der Waals surface area contributed by atoms with Crippen molar-refractivity contribution in [2.45, 2.75) is 11.9 Å². The van der Waals surface area contributed by atoms with Gasteiger partial charge in [-0.2, -0.15) is 17.5 Å². The summed E-state index contributed by atoms with van der Waals surface area (Å²) in [7, 11) is -5.38. The Morgan fingerprint density at radius 1 is 1.33 bits per heavy atom. The second-order valence-electron chi connectivity index (χ2n) is 2.99. The van der Waals surface area contributed by atoms with Crippen LogP contribution in [0.4, 0.5) is 13.2 Å². The maximum Gasteiger partial charge on any atom is 0.511 e. The Kier molecular flexibility index (Phi) is 3.24. The molecule has 5 nitrogen and oxygen atoms in total. The van der Waals surface area contributed by atoms with Crippen LogP contribution in [0.15, 0.2) is 0 Å². The van der Waals surface area contributed by atoms with Crippen molar-refractivity contribution >= 4 is 15.9 Å². The van der Waals surface area contributed by atoms with E-state index in [2.05, 4.69) is 5.32 Å². The Balaban J connectivity index is 2.91. The second kappa shape index (κ2) is 3.97. The lowest BCUT2D eigenvalue weighted by molar-refractivity contribution is -0.120. The average Bonchev–Trinajstić information content (AvgIpc) is 2.27. The number of alkyl halides is 3. The number of halogens is 3. The van der Waals surface area contributed by atoms with Crippen LogP contribution in [-0.4, -0.2) is 43.8 Å². The molecule has 0 spiro atoms. The fourth-order valence-corrected chi connectivity index (χ4v) is 2.08. The highest BCUT2D eigenvalue weighted by molar-refractivity contribution is 7.90. The first-order valence-electron chi connectivity index (χ1n) is 4.08. The third kappa shape index (κ3) is 2.59. The molecule has 88 valence electrons. The van der Waals surface area contributed by atoms with Crippen LogP contribution >= 0.6 is 0 Å². The van der Waals surface area contributed by atoms with Crippen molar-refractivity contribution in [3.8, 4) is 0 Å². The van der Waals surface area contributed by atoms with Crippen LogP contribution in [0.1, 0.15) is 6.42 Å². The number of carbonyl (C=O) groups is 1. The molecule has 0 aromatic carbocycles. The number of amides is 1. The van der Waals surface area contributed by atoms with Crippen LogP contribution in [-0.2, 0) is 14.8 Å². The molecule has 1 aliphatic heterocycles. The summed E-state index contributed by atoms with van der Waals surface area (Å²) in [6.07, 6.45) is 0.168. The Hall–Kier alpha value is -0.830. The van der Waals surface area contributed by atoms with Crippen LogP contribution in [0.2, 0.25) is 0 Å². The standard InChI is InChI=1S/C6H9F3N2O3S/c7-6(8,9)15(13,14)11-3-1-2-10-5(12)4-11/h1-4H2,(H,10,12). The normalized spacial score (nSPS) is 20.9. The van der Waals surface area contributed by atoms with E-state index in [1.54, 1.807) is 0 Å². The molecule has 0 bridgehead atoms. The van der Waals surface area contributed by atoms with Gasteiger partial charge in [0.15, 0.2) is 0 Å². The van der Waals surface area contributed by atoms with Gasteiger partial charge < -0.3 is 5.32 Å². The van der Waals surface area contributed by atoms with E-state index in [9.17, 15) is 26.4 Å². The molecule has 1 amide bonds. The minimum Gasteiger partial charge on any atom is -0.355 e. The monoisotopic (exact) mass is 246 g/mol. The SMILES string of the molecule is O=C1CN(S(=O)(=O)C(F)(F)F)CCCN1. The van der Waals surface area contributed by atoms with Gasteiger partial charge in [-0.25, -0.2) is 8.42 Å². The van der Waals surface area contributed by atoms with Crippen LogP contribution in [0, 0.1) is 0 Å². The number of hydrogen-bond acceptors (Lipinski definition) is 3. The zero-order chi connectivity index (χ0) is 11.7. The number of nitrogens with zero attached hydrogens (tertiary/aromatic N) is 1. The lowest BCUT2D eigenvalue weighted by Gasteiger charge is -2.19. The zero-order valence-corrected chi connectivity index (χ0v) is 8.36. The third-order valence-electron chi connectivity index (χ3n) is 1.86. The molecule has 1 rings (SSSR count). The smallest absolute Gasteiger partial charge is 0.355 e. The van der Waals surface area contributed by atoms with Gasteiger partial charge in [-0.05, 0) is 6.42 Å². The highest BCUT2D eigenvalue weighted by Gasteiger charge is 2.50. The molecule has 0 unspecified atom stereocenters. The predicted molar refractivity (Wildman–Crippen MR) is 44.2 cm³/mol. The number of rotatable bonds is 1. The molecule has 1 aliphatic rings. The first-order valence-corrected chi connectivity index (χ1v) is 5.52. The first kappa shape index (κ1) is 12.2. The van der Waals surface area contributed by atoms with E-state index < -0.39 is 28.0 Å². The van der Waals surface area contributed by atoms with Crippen molar-refractivity contribution in [3.05, 3.63) is 0 Å². The molecule has 15 heavy (non-hydrogen) atoms. The van der Waals surface area contributed by atoms with Gasteiger partial charge in [-0.1, -0.05) is 0 Å². The number of nitrogens with one attached hydrogen (secondary N) is 1. The van der Waals surface area contributed by atoms with E-state index in [1.807, 2.05) is 0 Å². The summed E-state index contributed by atoms with van der Waals surface area (Å²) in [5, 5.41) is 2.29. The molecule has 1 fully saturated rings. The molecule has 1 N–H and O–H groups in total. The van der Waals surface area contributed by atoms with Crippen molar-refractivity contribution in [2.24, 2.45) is 0 Å². The van der Waals surface area contributed by atoms with Gasteiger partial charge in [0.2, 0.25) is 5.91 Å². The lowest BCUT2D eigenvalue weighted by atomic mass is 10.4. The molecule has 0 radical (unpaired) electrons. The molecule has 0 saturated carbocycles. The maximum atomic E-state index is 12.1. The van der Waals surface area contributed by atoms with Gasteiger partial charge >= 0.3 is 15.5 Å². The van der Waals surface area contributed by atoms with Gasteiger partial charge in [-0.15, -0.1) is 0 Å². The van der Waals surface area contributed by atoms with Crippen molar-refractivity contribution in [1.82, 2.24) is 9.62 Å². The van der Waals surface area contributed by atoms with Gasteiger partial charge in [-0.3, -0.25) is 4.79 Å². The summed E-state index contributed by atoms with van der Waals surface area (Å²) in [6, 6.07) is 0. The Labute approximate surface area is 84.3 Å². The van der Waals surface area contributed by atoms with Crippen molar-refractivity contribution in [3.63, 3.8) is 0 Å². The number of hydrogen-bond donors (Lipinski definition) is 1. The molecular weight excluding hydrogens is 237 g/mol. The fourth-order valence-electron chi connectivity index (χ4n) is 1.13. The van der Waals surface area contributed by atoms with E-state index in [1.165, 1.54) is 0 Å². The Bertz CT molecular complexity index is 351. The zero-order valence-electron chi connectivity index (χ0n) is 7.54. The molecule has 9 heteroatoms. The maximum absolute atomic E-state index is 12.1. The van der Waals surface area contributed by atoms with Gasteiger partial charge in [0.05, 0.1) is 6.54 Å². The summed E-state index contributed by atoms with van der Waals surface area (Å²) < 4.78 is 58.3. The summed E-state index contributed by atoms with van der Waals surface area (Å²) in [5.74, 6) is -0.722. The topological polar surface area (TPSA) is 66.5 Å². The van der Waals surface area contributed by atoms with Crippen LogP contribution < -0.4 is 5.32 Å². The average molecular weight is 246 g/mol. The van der Waals surface area contributed by atoms with Gasteiger partial charge in [0.25, 0.3) is 0 Å². The van der Waals surface area contributed by atoms with E-state index in [-0.39, 0.29) is 23.8 Å². The summed E-state index contributed by atoms with van der Waals surface area (Å²) in [4.78, 5) is 10.9. The van der Waals surface area contributed by atoms with Crippen molar-refractivity contribution in [2.75, 3.05) is 19.6 Å². The van der Waals surface area contributed by atoms with Crippen molar-refractivity contribution < 1.29 is 26.4 Å². The minimum absolute atomic E-state index is 0.148. The predicted octanol–water partition coefficient (Wildman–Crippen LogP) is -0.342. The molecule has 0 atom stereocenters. The number of carbonyl (C=O) groups excluding carboxylic acids is 1. The second-order valence-corrected chi connectivity index (χ2v) is 4.92. The summed E-state index contributed by atoms with van der Waals surface area (Å²) in [6.45, 7) is -0.898. The van der Waals surface area contributed by atoms with Crippen LogP contribution in [0.3, 0.4) is 0 Å². The van der Waals surface area contributed by atoms with Gasteiger partial charge in [0.1, 0.15) is 0 Å². The molecule has 0 aromatic rings. The third-order valence-corrected chi connectivity index (χ3v) is 3.44. The highest BCUT2D eigenvalue weighted by Crippen LogP contribution is 2.26. The Morgan fingerprint density at radius 3 is 2.47 bits per heavy atom. The van der Waals surface area contributed by atoms with Crippen LogP contribution in [0.5, 0.6) is 0 Å². The lowest BCUT2D eigenvalue weighted by Crippen LogP contribution is -2.43. The Morgan fingerprint density at radius 2 is 1.93 bits per heavy atom. The summed E-state index contributed by atoms with van der Waals surface area (Å²) >= 11 is 0. The quantitative estimate of drug-likeness (QED) is 0.688. The molecule has 1 heterocycles. The molecule has 0 aromatic heterocycles. The van der Waals surface area contributed by atoms with Gasteiger partial charge in [0, 0.05) is 13.1 Å². The van der Waals surface area contributed by atoms with Crippen LogP contribution in [0.25, 0.3) is 0 Å². The molecule has 0 aliphatic carbocycles. The number of sulfonamides is 1. The molecule has 1 saturated heterocycles. The summed E-state index contributed by atoms with van der Waals surface area (Å²) in [5.41, 5.74) is -5.35. The first-order chi connectivity index (χ1) is 6.75. The fraction of sp³-hybridized carbons (Fsp3) is 0.833. The minimum atomic E-state index is -5.38.